The molecule has 4 aliphatic rings. The van der Waals surface area contributed by atoms with Crippen LogP contribution < -0.4 is 0 Å². The van der Waals surface area contributed by atoms with Crippen LogP contribution >= 0.6 is 0 Å². The number of aliphatic hydroxyl groups excluding tert-OH is 2. The number of hydrogen-bond acceptors (Lipinski definition) is 6. The van der Waals surface area contributed by atoms with Crippen molar-refractivity contribution in [3.63, 3.8) is 0 Å². The summed E-state index contributed by atoms with van der Waals surface area (Å²) >= 11 is 0. The maximum Gasteiger partial charge on any atom is 0.160 e. The first-order valence-electron chi connectivity index (χ1n) is 13.9. The van der Waals surface area contributed by atoms with Gasteiger partial charge in [-0.25, -0.2) is 0 Å². The highest BCUT2D eigenvalue weighted by Crippen LogP contribution is 2.71. The Kier molecular flexibility index (Phi) is 6.90. The predicted octanol–water partition coefficient (Wildman–Crippen LogP) is 4.56. The molecule has 0 radical (unpaired) electrons. The van der Waals surface area contributed by atoms with E-state index in [1.807, 2.05) is 41.5 Å². The van der Waals surface area contributed by atoms with Crippen LogP contribution in [0.15, 0.2) is 22.8 Å². The molecule has 204 valence electrons. The summed E-state index contributed by atoms with van der Waals surface area (Å²) in [6.07, 6.45) is 3.42. The molecule has 6 nitrogen and oxygen atoms in total. The molecule has 6 heteroatoms. The summed E-state index contributed by atoms with van der Waals surface area (Å²) in [5.74, 6) is -0.246. The zero-order chi connectivity index (χ0) is 27.7. The number of carbonyl (C=O) groups is 4. The van der Waals surface area contributed by atoms with Crippen molar-refractivity contribution in [2.24, 2.45) is 39.4 Å². The Labute approximate surface area is 221 Å². The number of aliphatic hydroxyl groups is 2. The van der Waals surface area contributed by atoms with Crippen molar-refractivity contribution >= 4 is 23.6 Å². The van der Waals surface area contributed by atoms with Gasteiger partial charge in [-0.15, -0.1) is 0 Å². The van der Waals surface area contributed by atoms with Crippen molar-refractivity contribution in [3.8, 4) is 0 Å². The average Bonchev–Trinajstić information content (AvgIpc) is 2.99. The summed E-state index contributed by atoms with van der Waals surface area (Å²) in [4.78, 5) is 50.5. The lowest BCUT2D eigenvalue weighted by Gasteiger charge is -2.61. The van der Waals surface area contributed by atoms with E-state index in [2.05, 4.69) is 6.92 Å². The second-order valence-electron chi connectivity index (χ2n) is 13.7. The molecule has 0 aromatic heterocycles. The summed E-state index contributed by atoms with van der Waals surface area (Å²) in [6, 6.07) is 0. The molecule has 0 spiro atoms. The van der Waals surface area contributed by atoms with E-state index in [0.717, 1.165) is 11.9 Å². The molecule has 0 heterocycles. The summed E-state index contributed by atoms with van der Waals surface area (Å²) in [5, 5.41) is 23.3. The van der Waals surface area contributed by atoms with Crippen molar-refractivity contribution < 1.29 is 29.4 Å². The molecule has 0 amide bonds. The molecule has 37 heavy (non-hydrogen) atoms. The zero-order valence-electron chi connectivity index (χ0n) is 23.5. The van der Waals surface area contributed by atoms with Gasteiger partial charge in [-0.1, -0.05) is 47.1 Å². The third kappa shape index (κ3) is 3.88. The molecule has 0 saturated heterocycles. The van der Waals surface area contributed by atoms with Gasteiger partial charge < -0.3 is 15.0 Å². The van der Waals surface area contributed by atoms with Gasteiger partial charge in [0.1, 0.15) is 12.1 Å². The highest BCUT2D eigenvalue weighted by molar-refractivity contribution is 6.01. The third-order valence-electron chi connectivity index (χ3n) is 11.3. The summed E-state index contributed by atoms with van der Waals surface area (Å²) in [5.41, 5.74) is -0.498. The number of aldehydes is 1. The quantitative estimate of drug-likeness (QED) is 0.399. The number of ketones is 3. The molecule has 0 aromatic carbocycles. The van der Waals surface area contributed by atoms with Crippen molar-refractivity contribution in [2.75, 3.05) is 0 Å². The maximum absolute atomic E-state index is 14.1. The van der Waals surface area contributed by atoms with Crippen LogP contribution in [0.25, 0.3) is 0 Å². The van der Waals surface area contributed by atoms with Crippen LogP contribution in [0.3, 0.4) is 0 Å². The standard InChI is InChI=1S/C31H44O6/c1-17(9-11-32)12-19(33)13-18(2)20-14-25(37)31(7)27-21(34)15-23-28(3,4)24(36)8-10-29(23,5)26(27)22(35)16-30(20,31)6/h11,13,17,20-21,23,25,34,37H,8-10,12,14-16H2,1-7H3. The number of Topliss-reactive ketones (excluding diaryl/α,β-unsaturated/α-hetero) is 2. The maximum atomic E-state index is 14.1. The smallest absolute Gasteiger partial charge is 0.160 e. The molecule has 8 unspecified atom stereocenters. The van der Waals surface area contributed by atoms with Crippen LogP contribution in [0.5, 0.6) is 0 Å². The molecular formula is C31H44O6. The summed E-state index contributed by atoms with van der Waals surface area (Å²) in [7, 11) is 0. The highest BCUT2D eigenvalue weighted by Gasteiger charge is 2.69. The SMILES string of the molecule is CC(=CC(=O)CC(C)CC=O)C1CC(O)C2(C)C3=C(C(=O)CC12C)C1(C)CCC(=O)C(C)(C)C1CC3O. The average molecular weight is 513 g/mol. The zero-order valence-corrected chi connectivity index (χ0v) is 23.5. The lowest BCUT2D eigenvalue weighted by Crippen LogP contribution is -2.60. The van der Waals surface area contributed by atoms with Gasteiger partial charge in [-0.2, -0.15) is 0 Å². The van der Waals surface area contributed by atoms with Gasteiger partial charge in [0, 0.05) is 47.5 Å². The number of carbonyl (C=O) groups excluding carboxylic acids is 4. The molecule has 0 aliphatic heterocycles. The second-order valence-corrected chi connectivity index (χ2v) is 13.7. The topological polar surface area (TPSA) is 109 Å². The first-order valence-corrected chi connectivity index (χ1v) is 13.9. The Morgan fingerprint density at radius 2 is 1.76 bits per heavy atom. The van der Waals surface area contributed by atoms with Gasteiger partial charge in [0.25, 0.3) is 0 Å². The minimum atomic E-state index is -0.907. The van der Waals surface area contributed by atoms with Crippen LogP contribution in [-0.2, 0) is 19.2 Å². The van der Waals surface area contributed by atoms with Crippen LogP contribution in [0, 0.1) is 39.4 Å². The summed E-state index contributed by atoms with van der Waals surface area (Å²) < 4.78 is 0. The van der Waals surface area contributed by atoms with E-state index in [9.17, 15) is 29.4 Å². The highest BCUT2D eigenvalue weighted by atomic mass is 16.3. The first kappa shape index (κ1) is 28.1. The Balaban J connectivity index is 1.79. The normalized spacial score (nSPS) is 42.1. The van der Waals surface area contributed by atoms with E-state index in [-0.39, 0.29) is 47.9 Å². The molecule has 2 saturated carbocycles. The number of hydrogen-bond donors (Lipinski definition) is 2. The molecule has 4 aliphatic carbocycles. The van der Waals surface area contributed by atoms with Crippen molar-refractivity contribution in [1.82, 2.24) is 0 Å². The Bertz CT molecular complexity index is 1100. The fourth-order valence-electron chi connectivity index (χ4n) is 8.97. The van der Waals surface area contributed by atoms with Crippen molar-refractivity contribution in [3.05, 3.63) is 22.8 Å². The van der Waals surface area contributed by atoms with Crippen LogP contribution in [0.1, 0.15) is 93.4 Å². The van der Waals surface area contributed by atoms with Gasteiger partial charge in [0.15, 0.2) is 11.6 Å². The van der Waals surface area contributed by atoms with E-state index in [0.29, 0.717) is 43.3 Å². The van der Waals surface area contributed by atoms with Gasteiger partial charge in [-0.3, -0.25) is 14.4 Å². The molecule has 2 fully saturated rings. The Morgan fingerprint density at radius 1 is 1.11 bits per heavy atom. The predicted molar refractivity (Wildman–Crippen MR) is 140 cm³/mol. The van der Waals surface area contributed by atoms with Gasteiger partial charge >= 0.3 is 0 Å². The van der Waals surface area contributed by atoms with Crippen LogP contribution in [0.2, 0.25) is 0 Å². The Hall–Kier alpha value is -1.92. The third-order valence-corrected chi connectivity index (χ3v) is 11.3. The fourth-order valence-corrected chi connectivity index (χ4v) is 8.97. The van der Waals surface area contributed by atoms with Gasteiger partial charge in [-0.05, 0) is 61.0 Å². The molecule has 4 rings (SSSR count). The van der Waals surface area contributed by atoms with E-state index < -0.39 is 33.9 Å². The van der Waals surface area contributed by atoms with Gasteiger partial charge in [0.05, 0.1) is 12.2 Å². The van der Waals surface area contributed by atoms with Crippen LogP contribution in [-0.4, -0.2) is 46.1 Å². The molecule has 8 atom stereocenters. The number of rotatable bonds is 6. The van der Waals surface area contributed by atoms with Crippen molar-refractivity contribution in [2.45, 2.75) is 106 Å². The van der Waals surface area contributed by atoms with Crippen LogP contribution in [0.4, 0.5) is 0 Å². The van der Waals surface area contributed by atoms with Crippen molar-refractivity contribution in [1.29, 1.82) is 0 Å². The number of fused-ring (bicyclic) bond motifs is 4. The fraction of sp³-hybridized carbons (Fsp3) is 0.742. The molecule has 0 bridgehead atoms. The van der Waals surface area contributed by atoms with E-state index in [1.54, 1.807) is 6.08 Å². The monoisotopic (exact) mass is 512 g/mol. The molecular weight excluding hydrogens is 468 g/mol. The van der Waals surface area contributed by atoms with E-state index in [4.69, 9.17) is 0 Å². The minimum Gasteiger partial charge on any atom is -0.392 e. The number of allylic oxidation sites excluding steroid dienone is 3. The van der Waals surface area contributed by atoms with E-state index >= 15 is 0 Å². The second kappa shape index (κ2) is 9.08. The van der Waals surface area contributed by atoms with Gasteiger partial charge in [0.2, 0.25) is 0 Å². The Morgan fingerprint density at radius 3 is 2.38 bits per heavy atom. The summed E-state index contributed by atoms with van der Waals surface area (Å²) in [6.45, 7) is 13.8. The minimum absolute atomic E-state index is 0.00389. The largest absolute Gasteiger partial charge is 0.392 e. The molecule has 2 N–H and O–H groups in total. The first-order chi connectivity index (χ1) is 17.1. The lowest BCUT2D eigenvalue weighted by molar-refractivity contribution is -0.145. The van der Waals surface area contributed by atoms with E-state index in [1.165, 1.54) is 0 Å². The lowest BCUT2D eigenvalue weighted by atomic mass is 9.42. The molecule has 0 aromatic rings.